The average molecular weight is 289 g/mol. The molecule has 1 aliphatic heterocycles. The number of carbonyl (C=O) groups is 1. The molecule has 1 aromatic heterocycles. The van der Waals surface area contributed by atoms with Gasteiger partial charge in [-0.15, -0.1) is 0 Å². The zero-order valence-corrected chi connectivity index (χ0v) is 13.0. The van der Waals surface area contributed by atoms with Crippen LogP contribution in [-0.2, 0) is 4.79 Å². The zero-order valence-electron chi connectivity index (χ0n) is 13.0. The molecule has 0 saturated carbocycles. The Morgan fingerprint density at radius 3 is 2.62 bits per heavy atom. The molecule has 1 aromatic rings. The Bertz CT molecular complexity index is 532. The molecule has 2 heterocycles. The van der Waals surface area contributed by atoms with Gasteiger partial charge in [0.2, 0.25) is 11.6 Å². The highest BCUT2D eigenvalue weighted by molar-refractivity contribution is 5.87. The molecule has 1 fully saturated rings. The van der Waals surface area contributed by atoms with E-state index in [0.717, 1.165) is 23.5 Å². The second-order valence-corrected chi connectivity index (χ2v) is 5.72. The lowest BCUT2D eigenvalue weighted by molar-refractivity contribution is -0.611. The summed E-state index contributed by atoms with van der Waals surface area (Å²) in [5.41, 5.74) is 1.66. The monoisotopic (exact) mass is 289 g/mol. The molecular weight excluding hydrogens is 266 g/mol. The number of rotatable bonds is 3. The summed E-state index contributed by atoms with van der Waals surface area (Å²) in [6.07, 6.45) is 5.10. The maximum atomic E-state index is 12.0. The Morgan fingerprint density at radius 1 is 1.33 bits per heavy atom. The van der Waals surface area contributed by atoms with Crippen LogP contribution in [-0.4, -0.2) is 37.0 Å². The standard InChI is InChI=1S/C16H23N3O2/c1-13(2)6-7-16(20)18-11-9-17(10-12-18)15-5-4-8-19(21)14(15)3/h4-8,13H,9-12H2,1-3H3/b7-6+. The van der Waals surface area contributed by atoms with Gasteiger partial charge in [-0.05, 0) is 18.1 Å². The van der Waals surface area contributed by atoms with Gasteiger partial charge in [-0.3, -0.25) is 4.79 Å². The van der Waals surface area contributed by atoms with Gasteiger partial charge in [-0.25, -0.2) is 0 Å². The van der Waals surface area contributed by atoms with Gasteiger partial charge in [0.25, 0.3) is 0 Å². The molecular formula is C16H23N3O2. The van der Waals surface area contributed by atoms with Crippen LogP contribution in [0.1, 0.15) is 19.5 Å². The summed E-state index contributed by atoms with van der Waals surface area (Å²) in [5.74, 6) is 0.460. The molecule has 5 nitrogen and oxygen atoms in total. The molecule has 0 aromatic carbocycles. The summed E-state index contributed by atoms with van der Waals surface area (Å²) in [6.45, 7) is 8.82. The van der Waals surface area contributed by atoms with Crippen LogP contribution in [0.3, 0.4) is 0 Å². The van der Waals surface area contributed by atoms with Crippen LogP contribution in [0.2, 0.25) is 0 Å². The number of carbonyl (C=O) groups excluding carboxylic acids is 1. The smallest absolute Gasteiger partial charge is 0.246 e. The summed E-state index contributed by atoms with van der Waals surface area (Å²) in [6, 6.07) is 3.72. The van der Waals surface area contributed by atoms with Gasteiger partial charge in [-0.1, -0.05) is 19.9 Å². The van der Waals surface area contributed by atoms with E-state index < -0.39 is 0 Å². The Kier molecular flexibility index (Phi) is 4.83. The van der Waals surface area contributed by atoms with Crippen LogP contribution >= 0.6 is 0 Å². The number of piperazine rings is 1. The second-order valence-electron chi connectivity index (χ2n) is 5.72. The Hall–Kier alpha value is -2.04. The van der Waals surface area contributed by atoms with Crippen LogP contribution in [0.5, 0.6) is 0 Å². The molecule has 0 N–H and O–H groups in total. The van der Waals surface area contributed by atoms with Crippen LogP contribution in [0.25, 0.3) is 0 Å². The van der Waals surface area contributed by atoms with Crippen LogP contribution in [0, 0.1) is 18.0 Å². The Morgan fingerprint density at radius 2 is 2.00 bits per heavy atom. The molecule has 5 heteroatoms. The van der Waals surface area contributed by atoms with Crippen molar-refractivity contribution in [2.24, 2.45) is 5.92 Å². The quantitative estimate of drug-likeness (QED) is 0.481. The number of aromatic nitrogens is 1. The van der Waals surface area contributed by atoms with Gasteiger partial charge < -0.3 is 15.0 Å². The lowest BCUT2D eigenvalue weighted by Gasteiger charge is -2.35. The van der Waals surface area contributed by atoms with E-state index in [9.17, 15) is 10.0 Å². The number of hydrogen-bond acceptors (Lipinski definition) is 3. The Balaban J connectivity index is 1.97. The van der Waals surface area contributed by atoms with E-state index in [2.05, 4.69) is 18.7 Å². The predicted molar refractivity (Wildman–Crippen MR) is 82.9 cm³/mol. The summed E-state index contributed by atoms with van der Waals surface area (Å²) < 4.78 is 0.887. The highest BCUT2D eigenvalue weighted by Crippen LogP contribution is 2.18. The second kappa shape index (κ2) is 6.61. The number of hydrogen-bond donors (Lipinski definition) is 0. The largest absolute Gasteiger partial charge is 0.618 e. The minimum Gasteiger partial charge on any atom is -0.618 e. The van der Waals surface area contributed by atoms with Gasteiger partial charge in [0.15, 0.2) is 6.20 Å². The number of amides is 1. The molecule has 21 heavy (non-hydrogen) atoms. The molecule has 1 saturated heterocycles. The first-order chi connectivity index (χ1) is 9.99. The van der Waals surface area contributed by atoms with Gasteiger partial charge in [0.1, 0.15) is 5.69 Å². The SMILES string of the molecule is Cc1c(N2CCN(C(=O)/C=C/C(C)C)CC2)ccc[n+]1[O-]. The number of pyridine rings is 1. The fraction of sp³-hybridized carbons (Fsp3) is 0.500. The minimum absolute atomic E-state index is 0.0759. The minimum atomic E-state index is 0.0759. The molecule has 0 radical (unpaired) electrons. The van der Waals surface area contributed by atoms with Gasteiger partial charge in [-0.2, -0.15) is 4.73 Å². The normalized spacial score (nSPS) is 16.0. The molecule has 1 aliphatic rings. The van der Waals surface area contributed by atoms with Crippen molar-refractivity contribution in [2.45, 2.75) is 20.8 Å². The van der Waals surface area contributed by atoms with Crippen LogP contribution < -0.4 is 9.63 Å². The molecule has 0 bridgehead atoms. The molecule has 0 atom stereocenters. The summed E-state index contributed by atoms with van der Waals surface area (Å²) in [5, 5.41) is 11.6. The fourth-order valence-corrected chi connectivity index (χ4v) is 2.44. The van der Waals surface area contributed by atoms with E-state index >= 15 is 0 Å². The van der Waals surface area contributed by atoms with Crippen molar-refractivity contribution in [1.82, 2.24) is 4.90 Å². The first kappa shape index (κ1) is 15.4. The predicted octanol–water partition coefficient (Wildman–Crippen LogP) is 1.49. The molecule has 2 rings (SSSR count). The maximum absolute atomic E-state index is 12.0. The van der Waals surface area contributed by atoms with Crippen molar-refractivity contribution in [2.75, 3.05) is 31.1 Å². The van der Waals surface area contributed by atoms with E-state index in [0.29, 0.717) is 24.7 Å². The summed E-state index contributed by atoms with van der Waals surface area (Å²) in [4.78, 5) is 16.1. The molecule has 0 unspecified atom stereocenters. The molecule has 0 spiro atoms. The highest BCUT2D eigenvalue weighted by Gasteiger charge is 2.22. The van der Waals surface area contributed by atoms with Crippen molar-refractivity contribution in [3.8, 4) is 0 Å². The fourth-order valence-electron chi connectivity index (χ4n) is 2.44. The third kappa shape index (κ3) is 3.74. The van der Waals surface area contributed by atoms with Crippen molar-refractivity contribution < 1.29 is 9.52 Å². The van der Waals surface area contributed by atoms with Gasteiger partial charge >= 0.3 is 0 Å². The number of anilines is 1. The maximum Gasteiger partial charge on any atom is 0.246 e. The lowest BCUT2D eigenvalue weighted by atomic mass is 10.2. The van der Waals surface area contributed by atoms with Crippen LogP contribution in [0.4, 0.5) is 5.69 Å². The summed E-state index contributed by atoms with van der Waals surface area (Å²) in [7, 11) is 0. The van der Waals surface area contributed by atoms with Crippen molar-refractivity contribution in [3.63, 3.8) is 0 Å². The molecule has 1 amide bonds. The van der Waals surface area contributed by atoms with Crippen molar-refractivity contribution in [3.05, 3.63) is 41.4 Å². The van der Waals surface area contributed by atoms with Gasteiger partial charge in [0, 0.05) is 39.2 Å². The third-order valence-corrected chi connectivity index (χ3v) is 3.73. The molecule has 0 aliphatic carbocycles. The average Bonchev–Trinajstić information content (AvgIpc) is 2.48. The Labute approximate surface area is 126 Å². The van der Waals surface area contributed by atoms with E-state index in [1.807, 2.05) is 24.0 Å². The van der Waals surface area contributed by atoms with Crippen molar-refractivity contribution >= 4 is 11.6 Å². The molecule has 114 valence electrons. The van der Waals surface area contributed by atoms with Crippen molar-refractivity contribution in [1.29, 1.82) is 0 Å². The van der Waals surface area contributed by atoms with E-state index in [1.165, 1.54) is 6.20 Å². The summed E-state index contributed by atoms with van der Waals surface area (Å²) >= 11 is 0. The highest BCUT2D eigenvalue weighted by atomic mass is 16.5. The van der Waals surface area contributed by atoms with Crippen LogP contribution in [0.15, 0.2) is 30.5 Å². The number of allylic oxidation sites excluding steroid dienone is 1. The first-order valence-electron chi connectivity index (χ1n) is 7.40. The van der Waals surface area contributed by atoms with E-state index in [1.54, 1.807) is 12.1 Å². The topological polar surface area (TPSA) is 50.5 Å². The first-order valence-corrected chi connectivity index (χ1v) is 7.40. The zero-order chi connectivity index (χ0) is 15.4. The third-order valence-electron chi connectivity index (χ3n) is 3.73. The van der Waals surface area contributed by atoms with Gasteiger partial charge in [0.05, 0.1) is 0 Å². The lowest BCUT2D eigenvalue weighted by Crippen LogP contribution is -2.49. The van der Waals surface area contributed by atoms with E-state index in [-0.39, 0.29) is 5.91 Å². The van der Waals surface area contributed by atoms with E-state index in [4.69, 9.17) is 0 Å². The number of nitrogens with zero attached hydrogens (tertiary/aromatic N) is 3.